The second-order valence-electron chi connectivity index (χ2n) is 6.96. The molecule has 2 fully saturated rings. The monoisotopic (exact) mass is 416 g/mol. The fraction of sp³-hybridized carbons (Fsp3) is 0.588. The van der Waals surface area contributed by atoms with E-state index in [2.05, 4.69) is 5.32 Å². The van der Waals surface area contributed by atoms with Crippen LogP contribution in [0.1, 0.15) is 19.3 Å². The molecular formula is C17H24N2O6S2. The Bertz CT molecular complexity index is 888. The Morgan fingerprint density at radius 1 is 1.15 bits per heavy atom. The van der Waals surface area contributed by atoms with Gasteiger partial charge in [0.2, 0.25) is 15.9 Å². The van der Waals surface area contributed by atoms with E-state index < -0.39 is 19.9 Å². The van der Waals surface area contributed by atoms with Crippen LogP contribution in [0.5, 0.6) is 5.75 Å². The van der Waals surface area contributed by atoms with Crippen LogP contribution in [0.15, 0.2) is 29.2 Å². The second kappa shape index (κ2) is 7.76. The van der Waals surface area contributed by atoms with Crippen molar-refractivity contribution in [1.29, 1.82) is 0 Å². The average molecular weight is 417 g/mol. The van der Waals surface area contributed by atoms with Gasteiger partial charge in [-0.2, -0.15) is 4.31 Å². The normalized spacial score (nSPS) is 23.8. The molecule has 2 aliphatic rings. The van der Waals surface area contributed by atoms with Gasteiger partial charge in [-0.05, 0) is 43.5 Å². The second-order valence-corrected chi connectivity index (χ2v) is 11.1. The van der Waals surface area contributed by atoms with Crippen LogP contribution in [0.3, 0.4) is 0 Å². The van der Waals surface area contributed by atoms with Crippen molar-refractivity contribution in [2.45, 2.75) is 30.2 Å². The summed E-state index contributed by atoms with van der Waals surface area (Å²) in [5.41, 5.74) is 0. The van der Waals surface area contributed by atoms with Crippen molar-refractivity contribution in [1.82, 2.24) is 9.62 Å². The summed E-state index contributed by atoms with van der Waals surface area (Å²) in [4.78, 5) is 12.6. The zero-order valence-electron chi connectivity index (χ0n) is 15.1. The molecule has 2 heterocycles. The third kappa shape index (κ3) is 4.61. The Labute approximate surface area is 159 Å². The summed E-state index contributed by atoms with van der Waals surface area (Å²) in [6.07, 6.45) is 1.28. The van der Waals surface area contributed by atoms with Crippen LogP contribution in [-0.4, -0.2) is 64.8 Å². The Morgan fingerprint density at radius 3 is 2.30 bits per heavy atom. The number of nitrogens with one attached hydrogen (secondary N) is 1. The van der Waals surface area contributed by atoms with E-state index in [1.165, 1.54) is 23.5 Å². The molecule has 0 spiro atoms. The Balaban J connectivity index is 1.57. The molecule has 0 aromatic heterocycles. The maximum absolute atomic E-state index is 12.7. The molecule has 0 radical (unpaired) electrons. The lowest BCUT2D eigenvalue weighted by Gasteiger charge is -2.31. The molecule has 8 nitrogen and oxygen atoms in total. The van der Waals surface area contributed by atoms with Crippen LogP contribution in [0.2, 0.25) is 0 Å². The number of hydrogen-bond acceptors (Lipinski definition) is 6. The minimum Gasteiger partial charge on any atom is -0.497 e. The van der Waals surface area contributed by atoms with Gasteiger partial charge >= 0.3 is 0 Å². The molecule has 3 rings (SSSR count). The minimum atomic E-state index is -3.61. The predicted molar refractivity (Wildman–Crippen MR) is 99.7 cm³/mol. The molecule has 150 valence electrons. The van der Waals surface area contributed by atoms with Gasteiger partial charge < -0.3 is 10.1 Å². The highest BCUT2D eigenvalue weighted by atomic mass is 32.2. The molecule has 0 aliphatic carbocycles. The van der Waals surface area contributed by atoms with Crippen LogP contribution in [-0.2, 0) is 24.7 Å². The standard InChI is InChI=1S/C17H24N2O6S2/c1-25-15-2-4-16(5-3-15)27(23,24)19-9-6-13(7-10-19)17(20)18-14-8-11-26(21,22)12-14/h2-5,13-14H,6-12H2,1H3,(H,18,20)/t14-/m0/s1. The molecule has 0 bridgehead atoms. The van der Waals surface area contributed by atoms with Crippen molar-refractivity contribution in [2.75, 3.05) is 31.7 Å². The zero-order chi connectivity index (χ0) is 19.7. The number of sulfonamides is 1. The lowest BCUT2D eigenvalue weighted by molar-refractivity contribution is -0.126. The van der Waals surface area contributed by atoms with Gasteiger partial charge in [0.1, 0.15) is 5.75 Å². The summed E-state index contributed by atoms with van der Waals surface area (Å²) in [6, 6.07) is 5.88. The van der Waals surface area contributed by atoms with Gasteiger partial charge in [0.05, 0.1) is 23.5 Å². The van der Waals surface area contributed by atoms with Gasteiger partial charge in [0.25, 0.3) is 0 Å². The summed E-state index contributed by atoms with van der Waals surface area (Å²) in [5.74, 6) is 0.201. The number of methoxy groups -OCH3 is 1. The number of hydrogen-bond donors (Lipinski definition) is 1. The van der Waals surface area contributed by atoms with E-state index >= 15 is 0 Å². The maximum Gasteiger partial charge on any atom is 0.243 e. The fourth-order valence-electron chi connectivity index (χ4n) is 3.48. The number of sulfone groups is 1. The molecule has 1 atom stereocenters. The molecule has 1 N–H and O–H groups in total. The highest BCUT2D eigenvalue weighted by molar-refractivity contribution is 7.91. The first kappa shape index (κ1) is 20.1. The highest BCUT2D eigenvalue weighted by Gasteiger charge is 2.34. The third-order valence-electron chi connectivity index (χ3n) is 5.10. The number of benzene rings is 1. The van der Waals surface area contributed by atoms with Crippen molar-refractivity contribution < 1.29 is 26.4 Å². The number of nitrogens with zero attached hydrogens (tertiary/aromatic N) is 1. The maximum atomic E-state index is 12.7. The van der Waals surface area contributed by atoms with Crippen LogP contribution in [0.25, 0.3) is 0 Å². The SMILES string of the molecule is COc1ccc(S(=O)(=O)N2CCC(C(=O)N[C@H]3CCS(=O)(=O)C3)CC2)cc1. The van der Waals surface area contributed by atoms with Crippen LogP contribution >= 0.6 is 0 Å². The fourth-order valence-corrected chi connectivity index (χ4v) is 6.63. The predicted octanol–water partition coefficient (Wildman–Crippen LogP) is 0.399. The van der Waals surface area contributed by atoms with Crippen molar-refractivity contribution in [3.63, 3.8) is 0 Å². The van der Waals surface area contributed by atoms with Crippen LogP contribution in [0.4, 0.5) is 0 Å². The van der Waals surface area contributed by atoms with E-state index in [0.717, 1.165) is 0 Å². The number of rotatable bonds is 5. The molecule has 10 heteroatoms. The van der Waals surface area contributed by atoms with Crippen molar-refractivity contribution >= 4 is 25.8 Å². The average Bonchev–Trinajstić information content (AvgIpc) is 3.00. The van der Waals surface area contributed by atoms with Gasteiger partial charge in [0, 0.05) is 25.0 Å². The zero-order valence-corrected chi connectivity index (χ0v) is 16.8. The lowest BCUT2D eigenvalue weighted by atomic mass is 9.97. The molecule has 1 aromatic carbocycles. The van der Waals surface area contributed by atoms with Gasteiger partial charge in [-0.1, -0.05) is 0 Å². The first-order valence-corrected chi connectivity index (χ1v) is 12.1. The summed E-state index contributed by atoms with van der Waals surface area (Å²) in [5, 5.41) is 2.80. The number of carbonyl (C=O) groups excluding carboxylic acids is 1. The quantitative estimate of drug-likeness (QED) is 0.744. The van der Waals surface area contributed by atoms with E-state index in [0.29, 0.717) is 25.0 Å². The summed E-state index contributed by atoms with van der Waals surface area (Å²) >= 11 is 0. The van der Waals surface area contributed by atoms with E-state index in [-0.39, 0.29) is 47.4 Å². The molecule has 2 saturated heterocycles. The summed E-state index contributed by atoms with van der Waals surface area (Å²) < 4.78 is 54.9. The Kier molecular flexibility index (Phi) is 5.78. The molecule has 1 aromatic rings. The molecule has 0 unspecified atom stereocenters. The highest BCUT2D eigenvalue weighted by Crippen LogP contribution is 2.25. The van der Waals surface area contributed by atoms with Gasteiger partial charge in [-0.25, -0.2) is 16.8 Å². The van der Waals surface area contributed by atoms with Crippen molar-refractivity contribution in [3.8, 4) is 5.75 Å². The van der Waals surface area contributed by atoms with E-state index in [1.54, 1.807) is 12.1 Å². The minimum absolute atomic E-state index is 0.0105. The van der Waals surface area contributed by atoms with Gasteiger partial charge in [0.15, 0.2) is 9.84 Å². The first-order valence-electron chi connectivity index (χ1n) is 8.86. The van der Waals surface area contributed by atoms with Crippen LogP contribution < -0.4 is 10.1 Å². The lowest BCUT2D eigenvalue weighted by Crippen LogP contribution is -2.45. The largest absolute Gasteiger partial charge is 0.497 e. The molecular weight excluding hydrogens is 392 g/mol. The van der Waals surface area contributed by atoms with Crippen LogP contribution in [0, 0.1) is 5.92 Å². The number of amides is 1. The number of piperidine rings is 1. The number of carbonyl (C=O) groups is 1. The molecule has 1 amide bonds. The number of ether oxygens (including phenoxy) is 1. The van der Waals surface area contributed by atoms with Gasteiger partial charge in [-0.15, -0.1) is 0 Å². The summed E-state index contributed by atoms with van der Waals surface area (Å²) in [6.45, 7) is 0.519. The Morgan fingerprint density at radius 2 is 1.78 bits per heavy atom. The van der Waals surface area contributed by atoms with E-state index in [9.17, 15) is 21.6 Å². The topological polar surface area (TPSA) is 110 Å². The molecule has 2 aliphatic heterocycles. The first-order chi connectivity index (χ1) is 12.7. The molecule has 27 heavy (non-hydrogen) atoms. The van der Waals surface area contributed by atoms with Crippen molar-refractivity contribution in [3.05, 3.63) is 24.3 Å². The third-order valence-corrected chi connectivity index (χ3v) is 8.78. The smallest absolute Gasteiger partial charge is 0.243 e. The summed E-state index contributed by atoms with van der Waals surface area (Å²) in [7, 11) is -5.14. The molecule has 0 saturated carbocycles. The van der Waals surface area contributed by atoms with Crippen molar-refractivity contribution in [2.24, 2.45) is 5.92 Å². The van der Waals surface area contributed by atoms with E-state index in [4.69, 9.17) is 4.74 Å². The Hall–Kier alpha value is -1.65. The van der Waals surface area contributed by atoms with E-state index in [1.807, 2.05) is 0 Å². The van der Waals surface area contributed by atoms with Gasteiger partial charge in [-0.3, -0.25) is 4.79 Å².